The summed E-state index contributed by atoms with van der Waals surface area (Å²) in [6.07, 6.45) is -11.3. The van der Waals surface area contributed by atoms with E-state index in [1.54, 1.807) is 0 Å². The van der Waals surface area contributed by atoms with Crippen molar-refractivity contribution in [2.24, 2.45) is 0 Å². The van der Waals surface area contributed by atoms with E-state index >= 15 is 0 Å². The second-order valence-electron chi connectivity index (χ2n) is 3.93. The van der Waals surface area contributed by atoms with Crippen LogP contribution in [0, 0.1) is 3.57 Å². The lowest BCUT2D eigenvalue weighted by Crippen LogP contribution is -2.22. The van der Waals surface area contributed by atoms with Gasteiger partial charge in [-0.05, 0) is 47.2 Å². The van der Waals surface area contributed by atoms with E-state index in [9.17, 15) is 31.1 Å². The number of ether oxygens (including phenoxy) is 1. The number of alkyl halides is 6. The zero-order chi connectivity index (χ0) is 16.4. The third-order valence-electron chi connectivity index (χ3n) is 2.47. The first kappa shape index (κ1) is 18.1. The van der Waals surface area contributed by atoms with Gasteiger partial charge in [0.25, 0.3) is 0 Å². The fourth-order valence-electron chi connectivity index (χ4n) is 1.71. The van der Waals surface area contributed by atoms with Crippen molar-refractivity contribution in [1.82, 2.24) is 0 Å². The van der Waals surface area contributed by atoms with Crippen molar-refractivity contribution in [3.63, 3.8) is 0 Å². The van der Waals surface area contributed by atoms with Gasteiger partial charge in [-0.1, -0.05) is 0 Å². The van der Waals surface area contributed by atoms with Crippen LogP contribution >= 0.6 is 22.6 Å². The van der Waals surface area contributed by atoms with Gasteiger partial charge in [0.2, 0.25) is 0 Å². The summed E-state index contributed by atoms with van der Waals surface area (Å²) in [6.45, 7) is 1.37. The summed E-state index contributed by atoms with van der Waals surface area (Å²) in [6, 6.07) is 1.26. The molecule has 0 aromatic heterocycles. The van der Waals surface area contributed by atoms with Gasteiger partial charge in [0.1, 0.15) is 0 Å². The third kappa shape index (κ3) is 4.48. The predicted octanol–water partition coefficient (Wildman–Crippen LogP) is 4.43. The smallest absolute Gasteiger partial charge is 0.417 e. The summed E-state index contributed by atoms with van der Waals surface area (Å²) in [5.41, 5.74) is -4.37. The number of halogens is 7. The minimum atomic E-state index is -5.23. The molecule has 0 N–H and O–H groups in total. The van der Waals surface area contributed by atoms with Crippen LogP contribution in [-0.2, 0) is 28.3 Å². The van der Waals surface area contributed by atoms with Crippen LogP contribution in [0.5, 0.6) is 0 Å². The molecular weight excluding hydrogens is 417 g/mol. The van der Waals surface area contributed by atoms with Gasteiger partial charge in [0, 0.05) is 3.57 Å². The normalized spacial score (nSPS) is 12.4. The Labute approximate surface area is 129 Å². The van der Waals surface area contributed by atoms with Crippen LogP contribution in [0.4, 0.5) is 26.3 Å². The second-order valence-corrected chi connectivity index (χ2v) is 5.09. The molecule has 0 unspecified atom stereocenters. The van der Waals surface area contributed by atoms with Gasteiger partial charge < -0.3 is 4.74 Å². The number of carbonyl (C=O) groups is 1. The SMILES string of the molecule is CCOC(=O)Cc1c(I)ccc(C(F)(F)F)c1C(F)(F)F. The highest BCUT2D eigenvalue weighted by molar-refractivity contribution is 14.1. The molecule has 1 aromatic carbocycles. The van der Waals surface area contributed by atoms with E-state index in [1.165, 1.54) is 29.5 Å². The van der Waals surface area contributed by atoms with Gasteiger partial charge >= 0.3 is 18.3 Å². The highest BCUT2D eigenvalue weighted by atomic mass is 127. The lowest BCUT2D eigenvalue weighted by molar-refractivity contribution is -0.162. The van der Waals surface area contributed by atoms with Gasteiger partial charge in [0.05, 0.1) is 24.2 Å². The third-order valence-corrected chi connectivity index (χ3v) is 3.48. The molecule has 9 heteroatoms. The molecule has 118 valence electrons. The Kier molecular flexibility index (Phi) is 5.51. The minimum Gasteiger partial charge on any atom is -0.466 e. The molecule has 0 aliphatic carbocycles. The summed E-state index contributed by atoms with van der Waals surface area (Å²) < 4.78 is 81.7. The van der Waals surface area contributed by atoms with Crippen molar-refractivity contribution in [3.05, 3.63) is 32.4 Å². The Morgan fingerprint density at radius 2 is 1.71 bits per heavy atom. The van der Waals surface area contributed by atoms with Crippen molar-refractivity contribution < 1.29 is 35.9 Å². The molecule has 1 rings (SSSR count). The van der Waals surface area contributed by atoms with Crippen molar-refractivity contribution in [2.75, 3.05) is 6.61 Å². The standard InChI is InChI=1S/C12H9F6IO2/c1-2-21-9(20)5-6-8(19)4-3-7(11(13,14)15)10(6)12(16,17)18/h3-4H,2,5H2,1H3. The maximum atomic E-state index is 13.0. The average Bonchev–Trinajstić information content (AvgIpc) is 2.28. The second kappa shape index (κ2) is 6.41. The van der Waals surface area contributed by atoms with Crippen LogP contribution in [0.3, 0.4) is 0 Å². The lowest BCUT2D eigenvalue weighted by Gasteiger charge is -2.20. The topological polar surface area (TPSA) is 26.3 Å². The molecule has 1 aromatic rings. The molecule has 0 atom stereocenters. The van der Waals surface area contributed by atoms with Gasteiger partial charge in [-0.2, -0.15) is 26.3 Å². The van der Waals surface area contributed by atoms with Crippen LogP contribution in [-0.4, -0.2) is 12.6 Å². The number of rotatable bonds is 3. The summed E-state index contributed by atoms with van der Waals surface area (Å²) in [5, 5.41) is 0. The Balaban J connectivity index is 3.50. The summed E-state index contributed by atoms with van der Waals surface area (Å²) in [5.74, 6) is -1.01. The first-order chi connectivity index (χ1) is 9.48. The van der Waals surface area contributed by atoms with Gasteiger partial charge in [-0.25, -0.2) is 0 Å². The monoisotopic (exact) mass is 426 g/mol. The van der Waals surface area contributed by atoms with E-state index in [2.05, 4.69) is 4.74 Å². The largest absolute Gasteiger partial charge is 0.466 e. The molecule has 0 aliphatic rings. The van der Waals surface area contributed by atoms with Crippen LogP contribution in [0.1, 0.15) is 23.6 Å². The van der Waals surface area contributed by atoms with Gasteiger partial charge in [-0.15, -0.1) is 0 Å². The maximum Gasteiger partial charge on any atom is 0.417 e. The minimum absolute atomic E-state index is 0.0737. The lowest BCUT2D eigenvalue weighted by atomic mass is 9.97. The Morgan fingerprint density at radius 1 is 1.14 bits per heavy atom. The predicted molar refractivity (Wildman–Crippen MR) is 69.5 cm³/mol. The zero-order valence-electron chi connectivity index (χ0n) is 10.5. The summed E-state index contributed by atoms with van der Waals surface area (Å²) in [4.78, 5) is 11.3. The fourth-order valence-corrected chi connectivity index (χ4v) is 2.35. The molecule has 0 saturated heterocycles. The van der Waals surface area contributed by atoms with E-state index in [-0.39, 0.29) is 10.2 Å². The number of benzene rings is 1. The quantitative estimate of drug-likeness (QED) is 0.406. The number of carbonyl (C=O) groups excluding carboxylic acids is 1. The van der Waals surface area contributed by atoms with Gasteiger partial charge in [-0.3, -0.25) is 4.79 Å². The molecule has 0 amide bonds. The van der Waals surface area contributed by atoms with Crippen LogP contribution in [0.2, 0.25) is 0 Å². The highest BCUT2D eigenvalue weighted by Gasteiger charge is 2.45. The van der Waals surface area contributed by atoms with E-state index in [0.29, 0.717) is 6.07 Å². The number of esters is 1. The Bertz CT molecular complexity index is 536. The van der Waals surface area contributed by atoms with Gasteiger partial charge in [0.15, 0.2) is 0 Å². The maximum absolute atomic E-state index is 13.0. The molecule has 2 nitrogen and oxygen atoms in total. The van der Waals surface area contributed by atoms with Crippen LogP contribution in [0.15, 0.2) is 12.1 Å². The fraction of sp³-hybridized carbons (Fsp3) is 0.417. The molecule has 0 saturated carbocycles. The molecular formula is C12H9F6IO2. The van der Waals surface area contributed by atoms with E-state index < -0.39 is 41.4 Å². The molecule has 0 fully saturated rings. The van der Waals surface area contributed by atoms with E-state index in [0.717, 1.165) is 6.07 Å². The Morgan fingerprint density at radius 3 is 2.14 bits per heavy atom. The average molecular weight is 426 g/mol. The van der Waals surface area contributed by atoms with Crippen molar-refractivity contribution >= 4 is 28.6 Å². The molecule has 0 bridgehead atoms. The molecule has 0 aliphatic heterocycles. The summed E-state index contributed by atoms with van der Waals surface area (Å²) in [7, 11) is 0. The van der Waals surface area contributed by atoms with E-state index in [1.807, 2.05) is 0 Å². The Hall–Kier alpha value is -1.00. The van der Waals surface area contributed by atoms with Crippen LogP contribution < -0.4 is 0 Å². The van der Waals surface area contributed by atoms with Crippen molar-refractivity contribution in [3.8, 4) is 0 Å². The zero-order valence-corrected chi connectivity index (χ0v) is 12.7. The summed E-state index contributed by atoms with van der Waals surface area (Å²) >= 11 is 1.46. The molecule has 0 heterocycles. The molecule has 0 radical (unpaired) electrons. The van der Waals surface area contributed by atoms with Crippen LogP contribution in [0.25, 0.3) is 0 Å². The first-order valence-electron chi connectivity index (χ1n) is 5.59. The van der Waals surface area contributed by atoms with Crippen molar-refractivity contribution in [2.45, 2.75) is 25.7 Å². The molecule has 0 spiro atoms. The number of hydrogen-bond donors (Lipinski definition) is 0. The number of hydrogen-bond acceptors (Lipinski definition) is 2. The first-order valence-corrected chi connectivity index (χ1v) is 6.67. The van der Waals surface area contributed by atoms with Crippen molar-refractivity contribution in [1.29, 1.82) is 0 Å². The van der Waals surface area contributed by atoms with E-state index in [4.69, 9.17) is 0 Å². The highest BCUT2D eigenvalue weighted by Crippen LogP contribution is 2.43. The molecule has 21 heavy (non-hydrogen) atoms.